The molecule has 0 atom stereocenters. The zero-order valence-electron chi connectivity index (χ0n) is 15.4. The molecular weight excluding hydrogens is 344 g/mol. The van der Waals surface area contributed by atoms with E-state index in [1.54, 1.807) is 18.3 Å². The summed E-state index contributed by atoms with van der Waals surface area (Å²) in [6.07, 6.45) is 1.59. The molecule has 0 aliphatic carbocycles. The number of hydrogen-bond donors (Lipinski definition) is 0. The fraction of sp³-hybridized carbons (Fsp3) is 0.190. The molecule has 0 aliphatic heterocycles. The van der Waals surface area contributed by atoms with E-state index in [2.05, 4.69) is 5.10 Å². The minimum absolute atomic E-state index is 0.0224. The molecule has 0 saturated heterocycles. The number of benzene rings is 2. The van der Waals surface area contributed by atoms with Crippen molar-refractivity contribution < 1.29 is 19.1 Å². The number of carbonyl (C=O) groups is 2. The molecule has 0 saturated carbocycles. The maximum absolute atomic E-state index is 12.4. The van der Waals surface area contributed by atoms with Gasteiger partial charge in [-0.1, -0.05) is 30.3 Å². The van der Waals surface area contributed by atoms with Gasteiger partial charge in [-0.25, -0.2) is 9.48 Å². The van der Waals surface area contributed by atoms with Crippen molar-refractivity contribution in [1.29, 1.82) is 0 Å². The van der Waals surface area contributed by atoms with Gasteiger partial charge in [0.25, 0.3) is 0 Å². The summed E-state index contributed by atoms with van der Waals surface area (Å²) in [5, 5.41) is 4.23. The third-order valence-electron chi connectivity index (χ3n) is 4.28. The predicted molar refractivity (Wildman–Crippen MR) is 101 cm³/mol. The smallest absolute Gasteiger partial charge is 0.363 e. The van der Waals surface area contributed by atoms with Crippen LogP contribution in [0.1, 0.15) is 32.0 Å². The van der Waals surface area contributed by atoms with Crippen LogP contribution in [0.15, 0.2) is 54.7 Å². The van der Waals surface area contributed by atoms with Gasteiger partial charge < -0.3 is 9.47 Å². The van der Waals surface area contributed by atoms with Crippen LogP contribution in [0.5, 0.6) is 5.75 Å². The maximum atomic E-state index is 12.4. The molecule has 3 rings (SSSR count). The molecule has 0 spiro atoms. The first-order valence-electron chi connectivity index (χ1n) is 8.46. The van der Waals surface area contributed by atoms with Crippen molar-refractivity contribution in [2.45, 2.75) is 13.8 Å². The number of esters is 1. The van der Waals surface area contributed by atoms with E-state index in [1.807, 2.05) is 50.2 Å². The monoisotopic (exact) mass is 364 g/mol. The zero-order valence-corrected chi connectivity index (χ0v) is 15.4. The molecule has 27 heavy (non-hydrogen) atoms. The third-order valence-corrected chi connectivity index (χ3v) is 4.28. The number of aryl methyl sites for hydroxylation is 2. The lowest BCUT2D eigenvalue weighted by Gasteiger charge is -2.06. The largest absolute Gasteiger partial charge is 0.493 e. The van der Waals surface area contributed by atoms with E-state index in [0.29, 0.717) is 5.56 Å². The Labute approximate surface area is 157 Å². The van der Waals surface area contributed by atoms with E-state index >= 15 is 0 Å². The van der Waals surface area contributed by atoms with Gasteiger partial charge in [0, 0.05) is 5.56 Å². The highest BCUT2D eigenvalue weighted by molar-refractivity contribution is 5.99. The Balaban J connectivity index is 1.73. The van der Waals surface area contributed by atoms with E-state index in [9.17, 15) is 9.59 Å². The third kappa shape index (κ3) is 4.06. The molecule has 2 aromatic carbocycles. The number of para-hydroxylation sites is 1. The van der Waals surface area contributed by atoms with Gasteiger partial charge in [-0.15, -0.1) is 0 Å². The SMILES string of the molecule is COc1cn(-c2ccccc2)nc1C(=O)OCC(=O)c1ccc(C)c(C)c1. The number of aromatic nitrogens is 2. The Hall–Kier alpha value is -3.41. The molecular formula is C21H20N2O4. The number of methoxy groups -OCH3 is 1. The summed E-state index contributed by atoms with van der Waals surface area (Å²) >= 11 is 0. The average Bonchev–Trinajstić information content (AvgIpc) is 3.13. The molecule has 0 unspecified atom stereocenters. The van der Waals surface area contributed by atoms with E-state index in [0.717, 1.165) is 16.8 Å². The number of hydrogen-bond acceptors (Lipinski definition) is 5. The second kappa shape index (κ2) is 7.86. The Morgan fingerprint density at radius 1 is 1.04 bits per heavy atom. The highest BCUT2D eigenvalue weighted by Crippen LogP contribution is 2.20. The van der Waals surface area contributed by atoms with Gasteiger partial charge >= 0.3 is 5.97 Å². The summed E-state index contributed by atoms with van der Waals surface area (Å²) < 4.78 is 11.9. The molecule has 0 aliphatic rings. The van der Waals surface area contributed by atoms with Crippen LogP contribution in [0.2, 0.25) is 0 Å². The summed E-state index contributed by atoms with van der Waals surface area (Å²) in [6.45, 7) is 3.54. The van der Waals surface area contributed by atoms with Crippen molar-refractivity contribution in [3.8, 4) is 11.4 Å². The highest BCUT2D eigenvalue weighted by Gasteiger charge is 2.21. The fourth-order valence-corrected chi connectivity index (χ4v) is 2.56. The van der Waals surface area contributed by atoms with E-state index in [-0.39, 0.29) is 23.8 Å². The molecule has 0 fully saturated rings. The normalized spacial score (nSPS) is 10.5. The fourth-order valence-electron chi connectivity index (χ4n) is 2.56. The number of nitrogens with zero attached hydrogens (tertiary/aromatic N) is 2. The van der Waals surface area contributed by atoms with Gasteiger partial charge in [-0.3, -0.25) is 4.79 Å². The first-order valence-corrected chi connectivity index (χ1v) is 8.46. The first-order chi connectivity index (χ1) is 13.0. The molecule has 0 N–H and O–H groups in total. The van der Waals surface area contributed by atoms with E-state index in [4.69, 9.17) is 9.47 Å². The van der Waals surface area contributed by atoms with Crippen molar-refractivity contribution in [2.75, 3.05) is 13.7 Å². The average molecular weight is 364 g/mol. The molecule has 3 aromatic rings. The van der Waals surface area contributed by atoms with Crippen LogP contribution >= 0.6 is 0 Å². The van der Waals surface area contributed by atoms with Crippen LogP contribution in [0.25, 0.3) is 5.69 Å². The summed E-state index contributed by atoms with van der Waals surface area (Å²) in [6, 6.07) is 14.7. The molecule has 6 nitrogen and oxygen atoms in total. The van der Waals surface area contributed by atoms with Gasteiger partial charge in [-0.05, 0) is 43.2 Å². The summed E-state index contributed by atoms with van der Waals surface area (Å²) in [4.78, 5) is 24.7. The number of rotatable bonds is 6. The summed E-state index contributed by atoms with van der Waals surface area (Å²) in [5.41, 5.74) is 3.41. The number of ketones is 1. The lowest BCUT2D eigenvalue weighted by Crippen LogP contribution is -2.15. The Morgan fingerprint density at radius 3 is 2.44 bits per heavy atom. The Bertz CT molecular complexity index is 977. The minimum atomic E-state index is -0.710. The molecule has 0 bridgehead atoms. The Kier molecular flexibility index (Phi) is 5.35. The zero-order chi connectivity index (χ0) is 19.4. The van der Waals surface area contributed by atoms with Crippen LogP contribution in [-0.2, 0) is 4.74 Å². The predicted octanol–water partition coefficient (Wildman–Crippen LogP) is 3.54. The maximum Gasteiger partial charge on any atom is 0.363 e. The van der Waals surface area contributed by atoms with Crippen LogP contribution in [0.4, 0.5) is 0 Å². The molecule has 0 amide bonds. The molecule has 6 heteroatoms. The van der Waals surface area contributed by atoms with Gasteiger partial charge in [-0.2, -0.15) is 5.10 Å². The van der Waals surface area contributed by atoms with Crippen molar-refractivity contribution in [3.63, 3.8) is 0 Å². The highest BCUT2D eigenvalue weighted by atomic mass is 16.5. The number of Topliss-reactive ketones (excluding diaryl/α,β-unsaturated/α-hetero) is 1. The topological polar surface area (TPSA) is 70.4 Å². The second-order valence-corrected chi connectivity index (χ2v) is 6.12. The lowest BCUT2D eigenvalue weighted by atomic mass is 10.0. The molecule has 1 aromatic heterocycles. The van der Waals surface area contributed by atoms with Gasteiger partial charge in [0.2, 0.25) is 5.69 Å². The van der Waals surface area contributed by atoms with Gasteiger partial charge in [0.1, 0.15) is 0 Å². The first kappa shape index (κ1) is 18.4. The molecule has 0 radical (unpaired) electrons. The molecule has 138 valence electrons. The standard InChI is InChI=1S/C21H20N2O4/c1-14-9-10-16(11-15(14)2)18(24)13-27-21(25)20-19(26-3)12-23(22-20)17-7-5-4-6-8-17/h4-12H,13H2,1-3H3. The number of ether oxygens (including phenoxy) is 2. The van der Waals surface area contributed by atoms with Crippen LogP contribution in [0.3, 0.4) is 0 Å². The minimum Gasteiger partial charge on any atom is -0.493 e. The van der Waals surface area contributed by atoms with Crippen molar-refractivity contribution >= 4 is 11.8 Å². The second-order valence-electron chi connectivity index (χ2n) is 6.12. The van der Waals surface area contributed by atoms with Gasteiger partial charge in [0.15, 0.2) is 18.1 Å². The van der Waals surface area contributed by atoms with E-state index < -0.39 is 5.97 Å². The molecule has 1 heterocycles. The lowest BCUT2D eigenvalue weighted by molar-refractivity contribution is 0.0465. The quantitative estimate of drug-likeness (QED) is 0.494. The van der Waals surface area contributed by atoms with Gasteiger partial charge in [0.05, 0.1) is 19.0 Å². The Morgan fingerprint density at radius 2 is 1.78 bits per heavy atom. The van der Waals surface area contributed by atoms with Crippen LogP contribution < -0.4 is 4.74 Å². The van der Waals surface area contributed by atoms with Crippen molar-refractivity contribution in [2.24, 2.45) is 0 Å². The summed E-state index contributed by atoms with van der Waals surface area (Å²) in [5.74, 6) is -0.700. The van der Waals surface area contributed by atoms with Crippen molar-refractivity contribution in [1.82, 2.24) is 9.78 Å². The van der Waals surface area contributed by atoms with Crippen molar-refractivity contribution in [3.05, 3.63) is 77.1 Å². The van der Waals surface area contributed by atoms with E-state index in [1.165, 1.54) is 11.8 Å². The number of carbonyl (C=O) groups excluding carboxylic acids is 2. The van der Waals surface area contributed by atoms with Crippen LogP contribution in [0, 0.1) is 13.8 Å². The van der Waals surface area contributed by atoms with Crippen LogP contribution in [-0.4, -0.2) is 35.2 Å². The summed E-state index contributed by atoms with van der Waals surface area (Å²) in [7, 11) is 1.45.